The van der Waals surface area contributed by atoms with Crippen molar-refractivity contribution in [3.05, 3.63) is 59.2 Å². The predicted molar refractivity (Wildman–Crippen MR) is 91.8 cm³/mol. The monoisotopic (exact) mass is 329 g/mol. The SMILES string of the molecule is Cn1c(=NC(=O)CSCc2ccncc2)sc2ccccc21. The molecule has 0 aliphatic carbocycles. The van der Waals surface area contributed by atoms with Gasteiger partial charge in [-0.15, -0.1) is 11.8 Å². The van der Waals surface area contributed by atoms with Gasteiger partial charge in [0.25, 0.3) is 5.91 Å². The van der Waals surface area contributed by atoms with Crippen LogP contribution in [0.4, 0.5) is 0 Å². The van der Waals surface area contributed by atoms with E-state index in [-0.39, 0.29) is 5.91 Å². The molecular weight excluding hydrogens is 314 g/mol. The Morgan fingerprint density at radius 3 is 2.82 bits per heavy atom. The fourth-order valence-corrected chi connectivity index (χ4v) is 3.87. The molecule has 2 aromatic heterocycles. The van der Waals surface area contributed by atoms with Gasteiger partial charge in [-0.25, -0.2) is 0 Å². The van der Waals surface area contributed by atoms with Gasteiger partial charge in [0.15, 0.2) is 4.80 Å². The first-order valence-electron chi connectivity index (χ1n) is 6.83. The summed E-state index contributed by atoms with van der Waals surface area (Å²) in [5, 5.41) is 0. The lowest BCUT2D eigenvalue weighted by Crippen LogP contribution is -2.14. The molecule has 2 heterocycles. The highest BCUT2D eigenvalue weighted by molar-refractivity contribution is 7.99. The number of hydrogen-bond acceptors (Lipinski definition) is 4. The van der Waals surface area contributed by atoms with Gasteiger partial charge in [-0.1, -0.05) is 23.5 Å². The fourth-order valence-electron chi connectivity index (χ4n) is 2.06. The standard InChI is InChI=1S/C16H15N3OS2/c1-19-13-4-2-3-5-14(13)22-16(19)18-15(20)11-21-10-12-6-8-17-9-7-12/h2-9H,10-11H2,1H3. The molecule has 0 N–H and O–H groups in total. The zero-order chi connectivity index (χ0) is 15.4. The molecule has 0 atom stereocenters. The smallest absolute Gasteiger partial charge is 0.258 e. The number of benzene rings is 1. The van der Waals surface area contributed by atoms with Crippen LogP contribution < -0.4 is 4.80 Å². The summed E-state index contributed by atoms with van der Waals surface area (Å²) in [7, 11) is 1.94. The predicted octanol–water partition coefficient (Wildman–Crippen LogP) is 3.00. The van der Waals surface area contributed by atoms with E-state index in [9.17, 15) is 4.79 Å². The second kappa shape index (κ2) is 6.89. The van der Waals surface area contributed by atoms with E-state index in [1.165, 1.54) is 5.56 Å². The van der Waals surface area contributed by atoms with Crippen LogP contribution in [0.25, 0.3) is 10.2 Å². The van der Waals surface area contributed by atoms with Crippen molar-refractivity contribution in [3.8, 4) is 0 Å². The number of rotatable bonds is 4. The van der Waals surface area contributed by atoms with Gasteiger partial charge in [0.1, 0.15) is 0 Å². The Hall–Kier alpha value is -1.92. The van der Waals surface area contributed by atoms with E-state index in [4.69, 9.17) is 0 Å². The van der Waals surface area contributed by atoms with Crippen molar-refractivity contribution in [2.24, 2.45) is 12.0 Å². The van der Waals surface area contributed by atoms with E-state index in [0.29, 0.717) is 5.75 Å². The lowest BCUT2D eigenvalue weighted by Gasteiger charge is -1.98. The van der Waals surface area contributed by atoms with E-state index in [1.807, 2.05) is 48.0 Å². The van der Waals surface area contributed by atoms with Crippen LogP contribution in [0.1, 0.15) is 5.56 Å². The molecule has 3 rings (SSSR count). The number of aromatic nitrogens is 2. The first-order valence-corrected chi connectivity index (χ1v) is 8.80. The Kier molecular flexibility index (Phi) is 4.70. The molecule has 0 unspecified atom stereocenters. The van der Waals surface area contributed by atoms with E-state index in [0.717, 1.165) is 20.8 Å². The van der Waals surface area contributed by atoms with Crippen LogP contribution in [0.2, 0.25) is 0 Å². The maximum atomic E-state index is 12.0. The minimum absolute atomic E-state index is 0.0961. The molecule has 0 fully saturated rings. The molecule has 0 saturated heterocycles. The third-order valence-corrected chi connectivity index (χ3v) is 5.28. The zero-order valence-electron chi connectivity index (χ0n) is 12.1. The second-order valence-electron chi connectivity index (χ2n) is 4.77. The number of fused-ring (bicyclic) bond motifs is 1. The Bertz CT molecular complexity index is 852. The van der Waals surface area contributed by atoms with Crippen LogP contribution in [-0.2, 0) is 17.6 Å². The highest BCUT2D eigenvalue weighted by Gasteiger charge is 2.05. The Labute approximate surface area is 136 Å². The van der Waals surface area contributed by atoms with Crippen molar-refractivity contribution in [3.63, 3.8) is 0 Å². The summed E-state index contributed by atoms with van der Waals surface area (Å²) in [6, 6.07) is 12.0. The molecule has 0 bridgehead atoms. The molecule has 0 radical (unpaired) electrons. The average Bonchev–Trinajstić information content (AvgIpc) is 2.85. The minimum Gasteiger partial charge on any atom is -0.319 e. The number of thioether (sulfide) groups is 1. The third-order valence-electron chi connectivity index (χ3n) is 3.18. The van der Waals surface area contributed by atoms with Crippen LogP contribution in [-0.4, -0.2) is 21.2 Å². The van der Waals surface area contributed by atoms with Crippen LogP contribution in [0, 0.1) is 0 Å². The summed E-state index contributed by atoms with van der Waals surface area (Å²) in [4.78, 5) is 21.0. The molecule has 3 aromatic rings. The van der Waals surface area contributed by atoms with Gasteiger partial charge in [-0.05, 0) is 29.8 Å². The van der Waals surface area contributed by atoms with Crippen LogP contribution in [0.5, 0.6) is 0 Å². The fraction of sp³-hybridized carbons (Fsp3) is 0.188. The highest BCUT2D eigenvalue weighted by atomic mass is 32.2. The molecule has 1 aromatic carbocycles. The van der Waals surface area contributed by atoms with Gasteiger partial charge < -0.3 is 4.57 Å². The number of carbonyl (C=O) groups excluding carboxylic acids is 1. The number of thiazole rings is 1. The summed E-state index contributed by atoms with van der Waals surface area (Å²) in [5.74, 6) is 1.08. The molecule has 112 valence electrons. The molecule has 22 heavy (non-hydrogen) atoms. The largest absolute Gasteiger partial charge is 0.319 e. The van der Waals surface area contributed by atoms with Crippen molar-refractivity contribution < 1.29 is 4.79 Å². The molecular formula is C16H15N3OS2. The normalized spacial score (nSPS) is 12.0. The molecule has 6 heteroatoms. The number of pyridine rings is 1. The number of aryl methyl sites for hydroxylation is 1. The van der Waals surface area contributed by atoms with Crippen LogP contribution in [0.3, 0.4) is 0 Å². The van der Waals surface area contributed by atoms with Gasteiger partial charge in [-0.3, -0.25) is 9.78 Å². The molecule has 1 amide bonds. The van der Waals surface area contributed by atoms with E-state index < -0.39 is 0 Å². The summed E-state index contributed by atoms with van der Waals surface area (Å²) in [6.45, 7) is 0. The summed E-state index contributed by atoms with van der Waals surface area (Å²) in [5.41, 5.74) is 2.27. The van der Waals surface area contributed by atoms with Gasteiger partial charge >= 0.3 is 0 Å². The van der Waals surface area contributed by atoms with Crippen molar-refractivity contribution in [1.29, 1.82) is 0 Å². The number of hydrogen-bond donors (Lipinski definition) is 0. The maximum Gasteiger partial charge on any atom is 0.258 e. The van der Waals surface area contributed by atoms with E-state index >= 15 is 0 Å². The van der Waals surface area contributed by atoms with Crippen molar-refractivity contribution >= 4 is 39.2 Å². The summed E-state index contributed by atoms with van der Waals surface area (Å²) < 4.78 is 3.10. The number of amides is 1. The molecule has 0 aliphatic heterocycles. The minimum atomic E-state index is -0.0961. The van der Waals surface area contributed by atoms with Crippen molar-refractivity contribution in [2.75, 3.05) is 5.75 Å². The number of nitrogens with zero attached hydrogens (tertiary/aromatic N) is 3. The van der Waals surface area contributed by atoms with Gasteiger partial charge in [0.05, 0.1) is 16.0 Å². The first kappa shape index (κ1) is 15.0. The second-order valence-corrected chi connectivity index (χ2v) is 6.76. The highest BCUT2D eigenvalue weighted by Crippen LogP contribution is 2.15. The number of carbonyl (C=O) groups is 1. The van der Waals surface area contributed by atoms with Gasteiger partial charge in [0, 0.05) is 25.2 Å². The van der Waals surface area contributed by atoms with Crippen LogP contribution in [0.15, 0.2) is 53.8 Å². The summed E-state index contributed by atoms with van der Waals surface area (Å²) in [6.07, 6.45) is 3.53. The van der Waals surface area contributed by atoms with Crippen molar-refractivity contribution in [1.82, 2.24) is 9.55 Å². The van der Waals surface area contributed by atoms with Gasteiger partial charge in [-0.2, -0.15) is 4.99 Å². The zero-order valence-corrected chi connectivity index (χ0v) is 13.7. The number of para-hydroxylation sites is 1. The van der Waals surface area contributed by atoms with Crippen LogP contribution >= 0.6 is 23.1 Å². The molecule has 0 aliphatic rings. The molecule has 4 nitrogen and oxygen atoms in total. The Balaban J connectivity index is 1.68. The first-order chi connectivity index (χ1) is 10.7. The molecule has 0 spiro atoms. The Morgan fingerprint density at radius 1 is 1.27 bits per heavy atom. The topological polar surface area (TPSA) is 47.2 Å². The Morgan fingerprint density at radius 2 is 2.05 bits per heavy atom. The summed E-state index contributed by atoms with van der Waals surface area (Å²) >= 11 is 3.11. The quantitative estimate of drug-likeness (QED) is 0.739. The van der Waals surface area contributed by atoms with Gasteiger partial charge in [0.2, 0.25) is 0 Å². The molecule has 0 saturated carbocycles. The maximum absolute atomic E-state index is 12.0. The lowest BCUT2D eigenvalue weighted by molar-refractivity contribution is -0.115. The average molecular weight is 329 g/mol. The lowest BCUT2D eigenvalue weighted by atomic mass is 10.3. The van der Waals surface area contributed by atoms with Crippen molar-refractivity contribution in [2.45, 2.75) is 5.75 Å². The third kappa shape index (κ3) is 3.45. The van der Waals surface area contributed by atoms with E-state index in [1.54, 1.807) is 35.5 Å². The van der Waals surface area contributed by atoms with E-state index in [2.05, 4.69) is 9.98 Å².